The van der Waals surface area contributed by atoms with E-state index < -0.39 is 0 Å². The summed E-state index contributed by atoms with van der Waals surface area (Å²) < 4.78 is 0. The first-order chi connectivity index (χ1) is 11.6. The molecule has 1 atom stereocenters. The van der Waals surface area contributed by atoms with E-state index in [1.165, 1.54) is 0 Å². The highest BCUT2D eigenvalue weighted by Gasteiger charge is 2.23. The van der Waals surface area contributed by atoms with E-state index in [1.807, 2.05) is 55.9 Å². The lowest BCUT2D eigenvalue weighted by molar-refractivity contribution is -0.120. The van der Waals surface area contributed by atoms with Crippen molar-refractivity contribution >= 4 is 23.4 Å². The number of nitrogens with one attached hydrogen (secondary N) is 1. The Balaban J connectivity index is 1.71. The second kappa shape index (κ2) is 7.77. The van der Waals surface area contributed by atoms with E-state index in [0.717, 1.165) is 47.4 Å². The molecule has 24 heavy (non-hydrogen) atoms. The van der Waals surface area contributed by atoms with Gasteiger partial charge in [0, 0.05) is 42.0 Å². The Kier molecular flexibility index (Phi) is 5.48. The summed E-state index contributed by atoms with van der Waals surface area (Å²) in [7, 11) is 0. The maximum Gasteiger partial charge on any atom is 0.241 e. The predicted octanol–water partition coefficient (Wildman–Crippen LogP) is 2.83. The predicted molar refractivity (Wildman–Crippen MR) is 99.2 cm³/mol. The average Bonchev–Trinajstić information content (AvgIpc) is 2.62. The summed E-state index contributed by atoms with van der Waals surface area (Å²) in [6.45, 7) is 5.79. The number of rotatable bonds is 4. The fourth-order valence-corrected chi connectivity index (χ4v) is 3.68. The van der Waals surface area contributed by atoms with E-state index in [9.17, 15) is 4.79 Å². The SMILES string of the molecule is Cc1nccc(-c2cccc(NC(=O)[C@@H](C)N3CCSCC3)c2)n1. The Labute approximate surface area is 146 Å². The quantitative estimate of drug-likeness (QED) is 0.926. The standard InChI is InChI=1S/C18H22N4OS/c1-13(22-8-10-24-11-9-22)18(23)21-16-5-3-4-15(12-16)17-6-7-19-14(2)20-17/h3-7,12-13H,8-11H2,1-2H3,(H,21,23)/t13-/m1/s1. The summed E-state index contributed by atoms with van der Waals surface area (Å²) in [5.41, 5.74) is 2.63. The van der Waals surface area contributed by atoms with Crippen LogP contribution in [0, 0.1) is 6.92 Å². The van der Waals surface area contributed by atoms with Gasteiger partial charge in [-0.3, -0.25) is 9.69 Å². The van der Waals surface area contributed by atoms with Gasteiger partial charge in [-0.1, -0.05) is 12.1 Å². The molecule has 5 nitrogen and oxygen atoms in total. The molecule has 1 fully saturated rings. The Morgan fingerprint density at radius 2 is 2.08 bits per heavy atom. The minimum absolute atomic E-state index is 0.0397. The Morgan fingerprint density at radius 1 is 1.29 bits per heavy atom. The van der Waals surface area contributed by atoms with Crippen molar-refractivity contribution in [2.24, 2.45) is 0 Å². The van der Waals surface area contributed by atoms with Crippen molar-refractivity contribution in [2.45, 2.75) is 19.9 Å². The molecular weight excluding hydrogens is 320 g/mol. The molecule has 0 spiro atoms. The molecule has 126 valence electrons. The number of nitrogens with zero attached hydrogens (tertiary/aromatic N) is 3. The van der Waals surface area contributed by atoms with Crippen LogP contribution >= 0.6 is 11.8 Å². The van der Waals surface area contributed by atoms with Crippen molar-refractivity contribution in [3.63, 3.8) is 0 Å². The summed E-state index contributed by atoms with van der Waals surface area (Å²) in [6, 6.07) is 9.55. The third-order valence-corrected chi connectivity index (χ3v) is 5.12. The fourth-order valence-electron chi connectivity index (χ4n) is 2.75. The highest BCUT2D eigenvalue weighted by molar-refractivity contribution is 7.99. The van der Waals surface area contributed by atoms with E-state index >= 15 is 0 Å². The zero-order valence-corrected chi connectivity index (χ0v) is 14.8. The lowest BCUT2D eigenvalue weighted by atomic mass is 10.1. The zero-order chi connectivity index (χ0) is 16.9. The fraction of sp³-hybridized carbons (Fsp3) is 0.389. The Morgan fingerprint density at radius 3 is 2.83 bits per heavy atom. The van der Waals surface area contributed by atoms with Gasteiger partial charge in [-0.25, -0.2) is 9.97 Å². The second-order valence-corrected chi connectivity index (χ2v) is 7.11. The van der Waals surface area contributed by atoms with Gasteiger partial charge in [-0.15, -0.1) is 0 Å². The minimum Gasteiger partial charge on any atom is -0.325 e. The third kappa shape index (κ3) is 4.13. The summed E-state index contributed by atoms with van der Waals surface area (Å²) in [5, 5.41) is 3.03. The first kappa shape index (κ1) is 16.9. The molecule has 0 aliphatic carbocycles. The molecule has 2 aromatic rings. The van der Waals surface area contributed by atoms with Crippen molar-refractivity contribution in [3.05, 3.63) is 42.4 Å². The molecule has 0 saturated carbocycles. The highest BCUT2D eigenvalue weighted by Crippen LogP contribution is 2.21. The van der Waals surface area contributed by atoms with Crippen LogP contribution in [0.1, 0.15) is 12.7 Å². The van der Waals surface area contributed by atoms with Gasteiger partial charge in [0.25, 0.3) is 0 Å². The highest BCUT2D eigenvalue weighted by atomic mass is 32.2. The number of thioether (sulfide) groups is 1. The van der Waals surface area contributed by atoms with Gasteiger partial charge in [0.15, 0.2) is 0 Å². The van der Waals surface area contributed by atoms with E-state index in [0.29, 0.717) is 0 Å². The number of anilines is 1. The molecule has 2 heterocycles. The molecule has 1 aromatic heterocycles. The maximum absolute atomic E-state index is 12.5. The van der Waals surface area contributed by atoms with Gasteiger partial charge < -0.3 is 5.32 Å². The van der Waals surface area contributed by atoms with Crippen molar-refractivity contribution in [2.75, 3.05) is 29.9 Å². The molecule has 0 unspecified atom stereocenters. The van der Waals surface area contributed by atoms with E-state index in [-0.39, 0.29) is 11.9 Å². The average molecular weight is 342 g/mol. The lowest BCUT2D eigenvalue weighted by Gasteiger charge is -2.31. The molecule has 1 N–H and O–H groups in total. The Bertz CT molecular complexity index is 716. The first-order valence-electron chi connectivity index (χ1n) is 8.16. The lowest BCUT2D eigenvalue weighted by Crippen LogP contribution is -2.46. The number of hydrogen-bond donors (Lipinski definition) is 1. The monoisotopic (exact) mass is 342 g/mol. The van der Waals surface area contributed by atoms with Gasteiger partial charge in [0.2, 0.25) is 5.91 Å². The van der Waals surface area contributed by atoms with Crippen LogP contribution in [0.15, 0.2) is 36.5 Å². The molecule has 3 rings (SSSR count). The molecule has 0 radical (unpaired) electrons. The van der Waals surface area contributed by atoms with Gasteiger partial charge in [-0.2, -0.15) is 11.8 Å². The summed E-state index contributed by atoms with van der Waals surface area (Å²) in [5.74, 6) is 2.97. The van der Waals surface area contributed by atoms with Crippen LogP contribution in [0.3, 0.4) is 0 Å². The van der Waals surface area contributed by atoms with Gasteiger partial charge in [0.1, 0.15) is 5.82 Å². The van der Waals surface area contributed by atoms with Crippen molar-refractivity contribution in [1.29, 1.82) is 0 Å². The molecular formula is C18H22N4OS. The summed E-state index contributed by atoms with van der Waals surface area (Å²) in [6.07, 6.45) is 1.75. The molecule has 1 aromatic carbocycles. The molecule has 0 bridgehead atoms. The topological polar surface area (TPSA) is 58.1 Å². The normalized spacial score (nSPS) is 16.6. The summed E-state index contributed by atoms with van der Waals surface area (Å²) in [4.78, 5) is 23.3. The van der Waals surface area contributed by atoms with Crippen LogP contribution in [0.5, 0.6) is 0 Å². The number of amides is 1. The zero-order valence-electron chi connectivity index (χ0n) is 14.0. The van der Waals surface area contributed by atoms with Crippen molar-refractivity contribution in [1.82, 2.24) is 14.9 Å². The number of aryl methyl sites for hydroxylation is 1. The Hall–Kier alpha value is -1.92. The molecule has 1 saturated heterocycles. The van der Waals surface area contributed by atoms with Crippen LogP contribution in [-0.2, 0) is 4.79 Å². The van der Waals surface area contributed by atoms with Gasteiger partial charge >= 0.3 is 0 Å². The third-order valence-electron chi connectivity index (χ3n) is 4.17. The van der Waals surface area contributed by atoms with E-state index in [1.54, 1.807) is 6.20 Å². The van der Waals surface area contributed by atoms with E-state index in [4.69, 9.17) is 0 Å². The maximum atomic E-state index is 12.5. The van der Waals surface area contributed by atoms with Crippen molar-refractivity contribution < 1.29 is 4.79 Å². The van der Waals surface area contributed by atoms with Crippen molar-refractivity contribution in [3.8, 4) is 11.3 Å². The first-order valence-corrected chi connectivity index (χ1v) is 9.32. The van der Waals surface area contributed by atoms with E-state index in [2.05, 4.69) is 20.2 Å². The number of carbonyl (C=O) groups is 1. The van der Waals surface area contributed by atoms with Crippen LogP contribution in [-0.4, -0.2) is 51.4 Å². The number of carbonyl (C=O) groups excluding carboxylic acids is 1. The second-order valence-electron chi connectivity index (χ2n) is 5.88. The molecule has 1 aliphatic heterocycles. The smallest absolute Gasteiger partial charge is 0.241 e. The van der Waals surface area contributed by atoms with Gasteiger partial charge in [0.05, 0.1) is 11.7 Å². The minimum atomic E-state index is -0.115. The molecule has 1 aliphatic rings. The van der Waals surface area contributed by atoms with Crippen LogP contribution < -0.4 is 5.32 Å². The number of benzene rings is 1. The molecule has 1 amide bonds. The molecule has 6 heteroatoms. The number of aromatic nitrogens is 2. The van der Waals surface area contributed by atoms with Gasteiger partial charge in [-0.05, 0) is 32.0 Å². The summed E-state index contributed by atoms with van der Waals surface area (Å²) >= 11 is 1.95. The number of hydrogen-bond acceptors (Lipinski definition) is 5. The van der Waals surface area contributed by atoms with Crippen LogP contribution in [0.2, 0.25) is 0 Å². The van der Waals surface area contributed by atoms with Crippen LogP contribution in [0.4, 0.5) is 5.69 Å². The largest absolute Gasteiger partial charge is 0.325 e. The van der Waals surface area contributed by atoms with Crippen LogP contribution in [0.25, 0.3) is 11.3 Å².